The summed E-state index contributed by atoms with van der Waals surface area (Å²) in [6.45, 7) is 5.70. The molecule has 19 heavy (non-hydrogen) atoms. The highest BCUT2D eigenvalue weighted by molar-refractivity contribution is 7.99. The van der Waals surface area contributed by atoms with Crippen molar-refractivity contribution in [2.75, 3.05) is 12.3 Å². The highest BCUT2D eigenvalue weighted by Gasteiger charge is 2.33. The van der Waals surface area contributed by atoms with E-state index >= 15 is 0 Å². The average molecular weight is 277 g/mol. The Bertz CT molecular complexity index is 374. The van der Waals surface area contributed by atoms with Crippen LogP contribution < -0.4 is 5.73 Å². The molecule has 2 heteroatoms. The molecule has 2 N–H and O–H groups in total. The molecule has 1 aliphatic rings. The zero-order valence-corrected chi connectivity index (χ0v) is 13.1. The van der Waals surface area contributed by atoms with E-state index in [-0.39, 0.29) is 0 Å². The van der Waals surface area contributed by atoms with Gasteiger partial charge in [-0.05, 0) is 67.4 Å². The average Bonchev–Trinajstić information content (AvgIpc) is 2.39. The van der Waals surface area contributed by atoms with Crippen molar-refractivity contribution >= 4 is 11.8 Å². The molecule has 1 aromatic carbocycles. The first-order valence-corrected chi connectivity index (χ1v) is 8.47. The van der Waals surface area contributed by atoms with Crippen LogP contribution in [0.3, 0.4) is 0 Å². The number of rotatable bonds is 5. The largest absolute Gasteiger partial charge is 0.330 e. The summed E-state index contributed by atoms with van der Waals surface area (Å²) >= 11 is 1.99. The lowest BCUT2D eigenvalue weighted by molar-refractivity contribution is 0.119. The molecule has 1 fully saturated rings. The van der Waals surface area contributed by atoms with Gasteiger partial charge in [0.25, 0.3) is 0 Å². The second-order valence-electron chi connectivity index (χ2n) is 6.61. The molecule has 106 valence electrons. The lowest BCUT2D eigenvalue weighted by Gasteiger charge is -2.40. The molecule has 1 saturated carbocycles. The van der Waals surface area contributed by atoms with E-state index in [1.165, 1.54) is 36.3 Å². The molecule has 0 bridgehead atoms. The summed E-state index contributed by atoms with van der Waals surface area (Å²) < 4.78 is 0. The van der Waals surface area contributed by atoms with E-state index in [9.17, 15) is 0 Å². The van der Waals surface area contributed by atoms with E-state index in [0.717, 1.165) is 18.4 Å². The van der Waals surface area contributed by atoms with Crippen molar-refractivity contribution in [1.82, 2.24) is 0 Å². The van der Waals surface area contributed by atoms with E-state index in [1.807, 2.05) is 11.8 Å². The maximum atomic E-state index is 5.96. The Morgan fingerprint density at radius 2 is 1.95 bits per heavy atom. The molecule has 0 spiro atoms. The molecule has 0 saturated heterocycles. The Kier molecular flexibility index (Phi) is 5.35. The second-order valence-corrected chi connectivity index (χ2v) is 7.78. The first-order valence-electron chi connectivity index (χ1n) is 7.49. The fraction of sp³-hybridized carbons (Fsp3) is 0.647. The molecule has 2 atom stereocenters. The predicted molar refractivity (Wildman–Crippen MR) is 85.4 cm³/mol. The van der Waals surface area contributed by atoms with Crippen molar-refractivity contribution < 1.29 is 0 Å². The highest BCUT2D eigenvalue weighted by atomic mass is 32.2. The summed E-state index contributed by atoms with van der Waals surface area (Å²) in [4.78, 5) is 1.39. The highest BCUT2D eigenvalue weighted by Crippen LogP contribution is 2.43. The number of thioether (sulfide) groups is 1. The molecule has 0 radical (unpaired) electrons. The van der Waals surface area contributed by atoms with Crippen LogP contribution in [0.1, 0.15) is 39.5 Å². The summed E-state index contributed by atoms with van der Waals surface area (Å²) in [6, 6.07) is 10.7. The van der Waals surface area contributed by atoms with Crippen LogP contribution >= 0.6 is 11.8 Å². The van der Waals surface area contributed by atoms with Gasteiger partial charge in [-0.25, -0.2) is 0 Å². The molecule has 0 amide bonds. The zero-order valence-electron chi connectivity index (χ0n) is 12.3. The third-order valence-corrected chi connectivity index (χ3v) is 5.52. The molecule has 0 heterocycles. The SMILES string of the molecule is CC1(C)CCC(CN)C(CCSc2ccccc2)C1. The van der Waals surface area contributed by atoms with Crippen molar-refractivity contribution in [2.45, 2.75) is 44.4 Å². The monoisotopic (exact) mass is 277 g/mol. The van der Waals surface area contributed by atoms with E-state index in [0.29, 0.717) is 5.41 Å². The Balaban J connectivity index is 1.82. The molecule has 1 aliphatic carbocycles. The van der Waals surface area contributed by atoms with Gasteiger partial charge in [-0.3, -0.25) is 0 Å². The Labute approximate surface area is 122 Å². The van der Waals surface area contributed by atoms with Gasteiger partial charge in [0.05, 0.1) is 0 Å². The summed E-state index contributed by atoms with van der Waals surface area (Å²) in [6.07, 6.45) is 5.33. The molecule has 2 unspecified atom stereocenters. The van der Waals surface area contributed by atoms with Gasteiger partial charge in [-0.2, -0.15) is 0 Å². The third-order valence-electron chi connectivity index (χ3n) is 4.48. The van der Waals surface area contributed by atoms with Crippen LogP contribution in [0.25, 0.3) is 0 Å². The number of hydrogen-bond acceptors (Lipinski definition) is 2. The topological polar surface area (TPSA) is 26.0 Å². The number of nitrogens with two attached hydrogens (primary N) is 1. The standard InChI is InChI=1S/C17H27NS/c1-17(2)10-8-15(13-18)14(12-17)9-11-19-16-6-4-3-5-7-16/h3-7,14-15H,8-13,18H2,1-2H3. The van der Waals surface area contributed by atoms with E-state index in [2.05, 4.69) is 44.2 Å². The quantitative estimate of drug-likeness (QED) is 0.798. The Morgan fingerprint density at radius 1 is 1.21 bits per heavy atom. The van der Waals surface area contributed by atoms with Gasteiger partial charge in [-0.1, -0.05) is 32.0 Å². The fourth-order valence-electron chi connectivity index (χ4n) is 3.28. The van der Waals surface area contributed by atoms with Gasteiger partial charge in [0.1, 0.15) is 0 Å². The molecule has 0 aromatic heterocycles. The Morgan fingerprint density at radius 3 is 2.63 bits per heavy atom. The van der Waals surface area contributed by atoms with Crippen molar-refractivity contribution in [3.63, 3.8) is 0 Å². The van der Waals surface area contributed by atoms with Crippen LogP contribution in [0.4, 0.5) is 0 Å². The smallest absolute Gasteiger partial charge is 0.00719 e. The van der Waals surface area contributed by atoms with Crippen LogP contribution in [0.5, 0.6) is 0 Å². The van der Waals surface area contributed by atoms with Crippen molar-refractivity contribution in [3.05, 3.63) is 30.3 Å². The van der Waals surface area contributed by atoms with Gasteiger partial charge in [0, 0.05) is 4.90 Å². The number of hydrogen-bond donors (Lipinski definition) is 1. The lowest BCUT2D eigenvalue weighted by Crippen LogP contribution is -2.34. The molecule has 0 aliphatic heterocycles. The summed E-state index contributed by atoms with van der Waals surface area (Å²) in [5.74, 6) is 2.80. The minimum Gasteiger partial charge on any atom is -0.330 e. The molecule has 2 rings (SSSR count). The van der Waals surface area contributed by atoms with Gasteiger partial charge >= 0.3 is 0 Å². The van der Waals surface area contributed by atoms with Crippen LogP contribution in [0.15, 0.2) is 35.2 Å². The normalized spacial score (nSPS) is 26.3. The van der Waals surface area contributed by atoms with E-state index in [4.69, 9.17) is 5.73 Å². The molecule has 1 nitrogen and oxygen atoms in total. The van der Waals surface area contributed by atoms with Crippen LogP contribution in [0.2, 0.25) is 0 Å². The minimum absolute atomic E-state index is 0.522. The van der Waals surface area contributed by atoms with Crippen molar-refractivity contribution in [2.24, 2.45) is 23.0 Å². The first-order chi connectivity index (χ1) is 9.11. The predicted octanol–water partition coefficient (Wildman–Crippen LogP) is 4.57. The van der Waals surface area contributed by atoms with E-state index in [1.54, 1.807) is 0 Å². The third kappa shape index (κ3) is 4.54. The fourth-order valence-corrected chi connectivity index (χ4v) is 4.29. The molecule has 1 aromatic rings. The van der Waals surface area contributed by atoms with Gasteiger partial charge < -0.3 is 5.73 Å². The van der Waals surface area contributed by atoms with Crippen LogP contribution in [0, 0.1) is 17.3 Å². The Hall–Kier alpha value is -0.470. The molecular formula is C17H27NS. The second kappa shape index (κ2) is 6.81. The lowest BCUT2D eigenvalue weighted by atomic mass is 9.66. The van der Waals surface area contributed by atoms with Gasteiger partial charge in [0.15, 0.2) is 0 Å². The minimum atomic E-state index is 0.522. The van der Waals surface area contributed by atoms with Gasteiger partial charge in [-0.15, -0.1) is 11.8 Å². The maximum absolute atomic E-state index is 5.96. The molecular weight excluding hydrogens is 250 g/mol. The van der Waals surface area contributed by atoms with Crippen LogP contribution in [-0.4, -0.2) is 12.3 Å². The van der Waals surface area contributed by atoms with Gasteiger partial charge in [0.2, 0.25) is 0 Å². The first kappa shape index (κ1) is 14.9. The van der Waals surface area contributed by atoms with Crippen LogP contribution in [-0.2, 0) is 0 Å². The summed E-state index contributed by atoms with van der Waals surface area (Å²) in [5.41, 5.74) is 6.48. The van der Waals surface area contributed by atoms with E-state index < -0.39 is 0 Å². The number of benzene rings is 1. The zero-order chi connectivity index (χ0) is 13.7. The summed E-state index contributed by atoms with van der Waals surface area (Å²) in [5, 5.41) is 0. The van der Waals surface area contributed by atoms with Crippen molar-refractivity contribution in [3.8, 4) is 0 Å². The summed E-state index contributed by atoms with van der Waals surface area (Å²) in [7, 11) is 0. The maximum Gasteiger partial charge on any atom is 0.00719 e. The van der Waals surface area contributed by atoms with Crippen molar-refractivity contribution in [1.29, 1.82) is 0 Å².